The number of hydrogen-bond donors (Lipinski definition) is 1. The Morgan fingerprint density at radius 1 is 1.41 bits per heavy atom. The molecule has 0 radical (unpaired) electrons. The van der Waals surface area contributed by atoms with E-state index >= 15 is 0 Å². The molecule has 0 saturated carbocycles. The van der Waals surface area contributed by atoms with Gasteiger partial charge in [0.2, 0.25) is 0 Å². The first kappa shape index (κ1) is 11.9. The maximum absolute atomic E-state index is 5.79. The molecule has 4 nitrogen and oxygen atoms in total. The zero-order chi connectivity index (χ0) is 12.4. The monoisotopic (exact) mass is 249 g/mol. The molecule has 2 rings (SSSR count). The minimum atomic E-state index is 0.636. The van der Waals surface area contributed by atoms with Gasteiger partial charge in [0.25, 0.3) is 0 Å². The van der Waals surface area contributed by atoms with E-state index in [9.17, 15) is 0 Å². The Morgan fingerprint density at radius 2 is 2.18 bits per heavy atom. The number of methoxy groups -OCH3 is 1. The molecular weight excluding hydrogens is 234 g/mol. The SMILES string of the molecule is COc1c(SC)cccc1-c1cc(N)n(C)n1. The van der Waals surface area contributed by atoms with Crippen molar-refractivity contribution in [3.05, 3.63) is 24.3 Å². The number of aryl methyl sites for hydroxylation is 1. The largest absolute Gasteiger partial charge is 0.495 e. The van der Waals surface area contributed by atoms with Gasteiger partial charge in [0.15, 0.2) is 0 Å². The molecule has 5 heteroatoms. The zero-order valence-corrected chi connectivity index (χ0v) is 10.9. The van der Waals surface area contributed by atoms with Crippen LogP contribution < -0.4 is 10.5 Å². The van der Waals surface area contributed by atoms with Crippen molar-refractivity contribution in [1.29, 1.82) is 0 Å². The molecule has 0 spiro atoms. The highest BCUT2D eigenvalue weighted by Crippen LogP contribution is 2.37. The van der Waals surface area contributed by atoms with E-state index in [0.717, 1.165) is 21.9 Å². The van der Waals surface area contributed by atoms with Crippen LogP contribution in [-0.4, -0.2) is 23.1 Å². The molecule has 2 aromatic rings. The minimum absolute atomic E-state index is 0.636. The Balaban J connectivity index is 2.58. The zero-order valence-electron chi connectivity index (χ0n) is 10.1. The van der Waals surface area contributed by atoms with Crippen LogP contribution in [0.3, 0.4) is 0 Å². The number of hydrogen-bond acceptors (Lipinski definition) is 4. The fourth-order valence-electron chi connectivity index (χ4n) is 1.70. The first-order valence-corrected chi connectivity index (χ1v) is 6.40. The maximum atomic E-state index is 5.79. The second-order valence-electron chi connectivity index (χ2n) is 3.62. The van der Waals surface area contributed by atoms with Gasteiger partial charge in [0.1, 0.15) is 11.6 Å². The van der Waals surface area contributed by atoms with Crippen molar-refractivity contribution in [2.24, 2.45) is 7.05 Å². The lowest BCUT2D eigenvalue weighted by Gasteiger charge is -2.10. The van der Waals surface area contributed by atoms with E-state index in [1.54, 1.807) is 23.6 Å². The summed E-state index contributed by atoms with van der Waals surface area (Å²) in [7, 11) is 3.49. The minimum Gasteiger partial charge on any atom is -0.495 e. The second kappa shape index (κ2) is 4.71. The summed E-state index contributed by atoms with van der Waals surface area (Å²) in [5, 5.41) is 4.37. The third kappa shape index (κ3) is 2.10. The summed E-state index contributed by atoms with van der Waals surface area (Å²) in [6.07, 6.45) is 2.02. The van der Waals surface area contributed by atoms with Crippen molar-refractivity contribution in [2.75, 3.05) is 19.1 Å². The summed E-state index contributed by atoms with van der Waals surface area (Å²) in [6, 6.07) is 7.86. The van der Waals surface area contributed by atoms with Gasteiger partial charge >= 0.3 is 0 Å². The van der Waals surface area contributed by atoms with Crippen LogP contribution in [0.4, 0.5) is 5.82 Å². The Kier molecular flexibility index (Phi) is 3.28. The third-order valence-electron chi connectivity index (χ3n) is 2.59. The fraction of sp³-hybridized carbons (Fsp3) is 0.250. The average Bonchev–Trinajstić information content (AvgIpc) is 2.68. The fourth-order valence-corrected chi connectivity index (χ4v) is 2.30. The standard InChI is InChI=1S/C12H15N3OS/c1-15-11(13)7-9(14-15)8-5-4-6-10(17-3)12(8)16-2/h4-7H,13H2,1-3H3. The number of nitrogens with zero attached hydrogens (tertiary/aromatic N) is 2. The summed E-state index contributed by atoms with van der Waals surface area (Å²) in [6.45, 7) is 0. The molecule has 0 aliphatic rings. The van der Waals surface area contributed by atoms with Gasteiger partial charge in [-0.05, 0) is 18.4 Å². The number of aromatic nitrogens is 2. The molecule has 0 bridgehead atoms. The topological polar surface area (TPSA) is 53.1 Å². The van der Waals surface area contributed by atoms with Gasteiger partial charge in [-0.25, -0.2) is 0 Å². The molecule has 2 N–H and O–H groups in total. The normalized spacial score (nSPS) is 10.5. The highest BCUT2D eigenvalue weighted by molar-refractivity contribution is 7.98. The van der Waals surface area contributed by atoms with Gasteiger partial charge in [0, 0.05) is 23.6 Å². The molecule has 0 aliphatic carbocycles. The van der Waals surface area contributed by atoms with Crippen LogP contribution in [0.15, 0.2) is 29.2 Å². The summed E-state index contributed by atoms with van der Waals surface area (Å²) in [4.78, 5) is 1.09. The van der Waals surface area contributed by atoms with Crippen molar-refractivity contribution in [3.63, 3.8) is 0 Å². The van der Waals surface area contributed by atoms with E-state index < -0.39 is 0 Å². The predicted octanol–water partition coefficient (Wildman–Crippen LogP) is 2.40. The summed E-state index contributed by atoms with van der Waals surface area (Å²) in [5.41, 5.74) is 7.59. The lowest BCUT2D eigenvalue weighted by Crippen LogP contribution is -1.96. The number of para-hydroxylation sites is 1. The highest BCUT2D eigenvalue weighted by Gasteiger charge is 2.13. The van der Waals surface area contributed by atoms with Crippen LogP contribution in [0.1, 0.15) is 0 Å². The third-order valence-corrected chi connectivity index (χ3v) is 3.36. The molecule has 1 aromatic heterocycles. The van der Waals surface area contributed by atoms with Crippen LogP contribution in [0.2, 0.25) is 0 Å². The Hall–Kier alpha value is -1.62. The second-order valence-corrected chi connectivity index (χ2v) is 4.47. The molecule has 90 valence electrons. The summed E-state index contributed by atoms with van der Waals surface area (Å²) >= 11 is 1.65. The molecule has 0 atom stereocenters. The first-order chi connectivity index (χ1) is 8.17. The molecule has 17 heavy (non-hydrogen) atoms. The number of thioether (sulfide) groups is 1. The molecule has 1 aromatic carbocycles. The van der Waals surface area contributed by atoms with Gasteiger partial charge in [-0.2, -0.15) is 5.10 Å². The van der Waals surface area contributed by atoms with E-state index in [0.29, 0.717) is 5.82 Å². The van der Waals surface area contributed by atoms with E-state index in [2.05, 4.69) is 5.10 Å². The molecule has 0 fully saturated rings. The van der Waals surface area contributed by atoms with Crippen LogP contribution >= 0.6 is 11.8 Å². The molecule has 0 amide bonds. The van der Waals surface area contributed by atoms with Crippen molar-refractivity contribution < 1.29 is 4.74 Å². The van der Waals surface area contributed by atoms with Gasteiger partial charge in [0.05, 0.1) is 12.8 Å². The number of nitrogen functional groups attached to an aromatic ring is 1. The van der Waals surface area contributed by atoms with Gasteiger partial charge in [-0.1, -0.05) is 6.07 Å². The average molecular weight is 249 g/mol. The lowest BCUT2D eigenvalue weighted by molar-refractivity contribution is 0.406. The molecule has 1 heterocycles. The molecular formula is C12H15N3OS. The van der Waals surface area contributed by atoms with Crippen molar-refractivity contribution in [2.45, 2.75) is 4.90 Å². The van der Waals surface area contributed by atoms with Gasteiger partial charge in [-0.3, -0.25) is 4.68 Å². The van der Waals surface area contributed by atoms with Gasteiger partial charge < -0.3 is 10.5 Å². The lowest BCUT2D eigenvalue weighted by atomic mass is 10.1. The number of anilines is 1. The molecule has 0 aliphatic heterocycles. The Bertz CT molecular complexity index is 517. The summed E-state index contributed by atoms with van der Waals surface area (Å²) in [5.74, 6) is 1.48. The van der Waals surface area contributed by atoms with Crippen LogP contribution in [0, 0.1) is 0 Å². The summed E-state index contributed by atoms with van der Waals surface area (Å²) < 4.78 is 7.11. The van der Waals surface area contributed by atoms with E-state index in [-0.39, 0.29) is 0 Å². The van der Waals surface area contributed by atoms with Crippen LogP contribution in [-0.2, 0) is 7.05 Å². The molecule has 0 unspecified atom stereocenters. The van der Waals surface area contributed by atoms with Gasteiger partial charge in [-0.15, -0.1) is 11.8 Å². The van der Waals surface area contributed by atoms with Crippen LogP contribution in [0.5, 0.6) is 5.75 Å². The number of ether oxygens (including phenoxy) is 1. The Labute approximate surface area is 105 Å². The van der Waals surface area contributed by atoms with Crippen molar-refractivity contribution >= 4 is 17.6 Å². The quantitative estimate of drug-likeness (QED) is 0.849. The Morgan fingerprint density at radius 3 is 2.71 bits per heavy atom. The number of nitrogens with two attached hydrogens (primary N) is 1. The van der Waals surface area contributed by atoms with Crippen molar-refractivity contribution in [1.82, 2.24) is 9.78 Å². The van der Waals surface area contributed by atoms with Crippen LogP contribution in [0.25, 0.3) is 11.3 Å². The van der Waals surface area contributed by atoms with E-state index in [1.807, 2.05) is 37.6 Å². The maximum Gasteiger partial charge on any atom is 0.141 e. The van der Waals surface area contributed by atoms with E-state index in [4.69, 9.17) is 10.5 Å². The predicted molar refractivity (Wildman–Crippen MR) is 71.4 cm³/mol. The van der Waals surface area contributed by atoms with E-state index in [1.165, 1.54) is 0 Å². The number of benzene rings is 1. The highest BCUT2D eigenvalue weighted by atomic mass is 32.2. The number of rotatable bonds is 3. The molecule has 0 saturated heterocycles. The smallest absolute Gasteiger partial charge is 0.141 e. The van der Waals surface area contributed by atoms with Crippen molar-refractivity contribution in [3.8, 4) is 17.0 Å². The first-order valence-electron chi connectivity index (χ1n) is 5.18.